The monoisotopic (exact) mass is 366 g/mol. The molecule has 5 heteroatoms. The van der Waals surface area contributed by atoms with Crippen LogP contribution in [0, 0.1) is 19.8 Å². The van der Waals surface area contributed by atoms with Crippen LogP contribution in [0.1, 0.15) is 36.1 Å². The van der Waals surface area contributed by atoms with Gasteiger partial charge >= 0.3 is 0 Å². The van der Waals surface area contributed by atoms with E-state index in [1.807, 2.05) is 32.0 Å². The lowest BCUT2D eigenvalue weighted by Gasteiger charge is -2.10. The predicted octanol–water partition coefficient (Wildman–Crippen LogP) is 4.50. The number of Topliss-reactive ketones (excluding diaryl/α,β-unsaturated/α-hetero) is 1. The minimum Gasteiger partial charge on any atom is -0.297 e. The Labute approximate surface area is 156 Å². The van der Waals surface area contributed by atoms with Crippen LogP contribution >= 0.6 is 11.3 Å². The van der Waals surface area contributed by atoms with Gasteiger partial charge in [-0.1, -0.05) is 42.7 Å². The molecule has 0 aliphatic heterocycles. The molecule has 0 N–H and O–H groups in total. The van der Waals surface area contributed by atoms with Crippen molar-refractivity contribution >= 4 is 27.3 Å². The van der Waals surface area contributed by atoms with Gasteiger partial charge in [-0.15, -0.1) is 11.3 Å². The highest BCUT2D eigenvalue weighted by Gasteiger charge is 2.24. The van der Waals surface area contributed by atoms with Crippen molar-refractivity contribution in [3.05, 3.63) is 51.4 Å². The lowest BCUT2D eigenvalue weighted by molar-refractivity contribution is -0.123. The molecule has 1 aliphatic rings. The summed E-state index contributed by atoms with van der Waals surface area (Å²) in [6, 6.07) is 8.17. The number of hydrogen-bond acceptors (Lipinski definition) is 4. The van der Waals surface area contributed by atoms with Crippen LogP contribution in [0.25, 0.3) is 21.3 Å². The summed E-state index contributed by atoms with van der Waals surface area (Å²) in [6.45, 7) is 4.20. The molecule has 4 nitrogen and oxygen atoms in total. The molecule has 0 unspecified atom stereocenters. The quantitative estimate of drug-likeness (QED) is 0.683. The van der Waals surface area contributed by atoms with E-state index in [2.05, 4.69) is 11.1 Å². The zero-order valence-corrected chi connectivity index (χ0v) is 15.9. The SMILES string of the molecule is Cc1cccc(-c2c(C)sc3ncn(CC(=O)C4CCCC4)c(=O)c23)c1. The van der Waals surface area contributed by atoms with Crippen molar-refractivity contribution in [1.29, 1.82) is 0 Å². The van der Waals surface area contributed by atoms with Crippen molar-refractivity contribution in [2.45, 2.75) is 46.1 Å². The number of carbonyl (C=O) groups is 1. The lowest BCUT2D eigenvalue weighted by atomic mass is 10.0. The Morgan fingerprint density at radius 3 is 2.77 bits per heavy atom. The molecule has 0 saturated heterocycles. The number of thiophene rings is 1. The van der Waals surface area contributed by atoms with E-state index in [-0.39, 0.29) is 23.8 Å². The van der Waals surface area contributed by atoms with Crippen LogP contribution in [-0.4, -0.2) is 15.3 Å². The van der Waals surface area contributed by atoms with E-state index in [1.165, 1.54) is 22.2 Å². The van der Waals surface area contributed by atoms with Crippen LogP contribution in [0.2, 0.25) is 0 Å². The van der Waals surface area contributed by atoms with Gasteiger partial charge in [-0.3, -0.25) is 14.2 Å². The van der Waals surface area contributed by atoms with Crippen molar-refractivity contribution in [1.82, 2.24) is 9.55 Å². The van der Waals surface area contributed by atoms with Crippen LogP contribution in [-0.2, 0) is 11.3 Å². The number of nitrogens with zero attached hydrogens (tertiary/aromatic N) is 2. The molecule has 0 bridgehead atoms. The van der Waals surface area contributed by atoms with Crippen LogP contribution < -0.4 is 5.56 Å². The second-order valence-corrected chi connectivity index (χ2v) is 8.41. The van der Waals surface area contributed by atoms with Gasteiger partial charge in [-0.2, -0.15) is 0 Å². The summed E-state index contributed by atoms with van der Waals surface area (Å²) in [5, 5.41) is 0.639. The first-order valence-corrected chi connectivity index (χ1v) is 9.94. The maximum Gasteiger partial charge on any atom is 0.263 e. The molecule has 2 aromatic heterocycles. The molecule has 3 aromatic rings. The van der Waals surface area contributed by atoms with Gasteiger partial charge in [0, 0.05) is 16.4 Å². The summed E-state index contributed by atoms with van der Waals surface area (Å²) >= 11 is 1.54. The number of aromatic nitrogens is 2. The average molecular weight is 366 g/mol. The molecule has 1 aliphatic carbocycles. The molecular formula is C21H22N2O2S. The smallest absolute Gasteiger partial charge is 0.263 e. The zero-order valence-electron chi connectivity index (χ0n) is 15.1. The fraction of sp³-hybridized carbons (Fsp3) is 0.381. The van der Waals surface area contributed by atoms with E-state index >= 15 is 0 Å². The number of benzene rings is 1. The molecule has 0 spiro atoms. The molecule has 1 aromatic carbocycles. The number of carbonyl (C=O) groups excluding carboxylic acids is 1. The summed E-state index contributed by atoms with van der Waals surface area (Å²) in [4.78, 5) is 32.0. The van der Waals surface area contributed by atoms with Gasteiger partial charge in [0.1, 0.15) is 4.83 Å². The van der Waals surface area contributed by atoms with Crippen molar-refractivity contribution in [3.63, 3.8) is 0 Å². The van der Waals surface area contributed by atoms with Crippen molar-refractivity contribution in [2.75, 3.05) is 0 Å². The second kappa shape index (κ2) is 6.80. The zero-order chi connectivity index (χ0) is 18.3. The van der Waals surface area contributed by atoms with E-state index in [0.29, 0.717) is 5.39 Å². The molecule has 1 fully saturated rings. The first kappa shape index (κ1) is 17.2. The van der Waals surface area contributed by atoms with E-state index in [9.17, 15) is 9.59 Å². The molecule has 1 saturated carbocycles. The maximum absolute atomic E-state index is 13.1. The number of hydrogen-bond donors (Lipinski definition) is 0. The minimum absolute atomic E-state index is 0.109. The van der Waals surface area contributed by atoms with Gasteiger partial charge in [0.15, 0.2) is 5.78 Å². The first-order chi connectivity index (χ1) is 12.5. The predicted molar refractivity (Wildman–Crippen MR) is 106 cm³/mol. The molecule has 134 valence electrons. The highest BCUT2D eigenvalue weighted by Crippen LogP contribution is 2.35. The molecular weight excluding hydrogens is 344 g/mol. The summed E-state index contributed by atoms with van der Waals surface area (Å²) in [6.07, 6.45) is 5.67. The fourth-order valence-corrected chi connectivity index (χ4v) is 4.95. The maximum atomic E-state index is 13.1. The molecule has 0 radical (unpaired) electrons. The summed E-state index contributed by atoms with van der Waals surface area (Å²) < 4.78 is 1.49. The lowest BCUT2D eigenvalue weighted by Crippen LogP contribution is -2.27. The molecule has 2 heterocycles. The summed E-state index contributed by atoms with van der Waals surface area (Å²) in [5.74, 6) is 0.271. The molecule has 26 heavy (non-hydrogen) atoms. The first-order valence-electron chi connectivity index (χ1n) is 9.13. The Morgan fingerprint density at radius 2 is 2.04 bits per heavy atom. The topological polar surface area (TPSA) is 52.0 Å². The van der Waals surface area contributed by atoms with Crippen molar-refractivity contribution in [3.8, 4) is 11.1 Å². The van der Waals surface area contributed by atoms with E-state index in [0.717, 1.165) is 52.1 Å². The van der Waals surface area contributed by atoms with Gasteiger partial charge in [-0.05, 0) is 32.3 Å². The van der Waals surface area contributed by atoms with Crippen LogP contribution in [0.3, 0.4) is 0 Å². The largest absolute Gasteiger partial charge is 0.297 e. The Morgan fingerprint density at radius 1 is 1.27 bits per heavy atom. The summed E-state index contributed by atoms with van der Waals surface area (Å²) in [5.41, 5.74) is 3.03. The van der Waals surface area contributed by atoms with Gasteiger partial charge in [-0.25, -0.2) is 4.98 Å². The van der Waals surface area contributed by atoms with E-state index in [4.69, 9.17) is 0 Å². The Balaban J connectivity index is 1.80. The van der Waals surface area contributed by atoms with Crippen molar-refractivity contribution < 1.29 is 4.79 Å². The molecule has 0 atom stereocenters. The van der Waals surface area contributed by atoms with Crippen LogP contribution in [0.5, 0.6) is 0 Å². The normalized spacial score (nSPS) is 15.0. The number of ketones is 1. The van der Waals surface area contributed by atoms with Crippen molar-refractivity contribution in [2.24, 2.45) is 5.92 Å². The average Bonchev–Trinajstić information content (AvgIpc) is 3.25. The summed E-state index contributed by atoms with van der Waals surface area (Å²) in [7, 11) is 0. The highest BCUT2D eigenvalue weighted by molar-refractivity contribution is 7.19. The molecule has 4 rings (SSSR count). The standard InChI is InChI=1S/C21H22N2O2S/c1-13-6-5-9-16(10-13)18-14(2)26-20-19(18)21(25)23(12-22-20)11-17(24)15-7-3-4-8-15/h5-6,9-10,12,15H,3-4,7-8,11H2,1-2H3. The molecule has 0 amide bonds. The Hall–Kier alpha value is -2.27. The Bertz CT molecular complexity index is 1040. The minimum atomic E-state index is -0.109. The van der Waals surface area contributed by atoms with Gasteiger partial charge in [0.05, 0.1) is 18.3 Å². The third kappa shape index (κ3) is 3.01. The van der Waals surface area contributed by atoms with E-state index < -0.39 is 0 Å². The fourth-order valence-electron chi connectivity index (χ4n) is 3.94. The van der Waals surface area contributed by atoms with Crippen LogP contribution in [0.15, 0.2) is 35.4 Å². The number of rotatable bonds is 4. The van der Waals surface area contributed by atoms with Gasteiger partial charge in [0.2, 0.25) is 0 Å². The Kier molecular flexibility index (Phi) is 4.49. The van der Waals surface area contributed by atoms with Gasteiger partial charge < -0.3 is 0 Å². The van der Waals surface area contributed by atoms with E-state index in [1.54, 1.807) is 0 Å². The van der Waals surface area contributed by atoms with Crippen LogP contribution in [0.4, 0.5) is 0 Å². The van der Waals surface area contributed by atoms with Gasteiger partial charge in [0.25, 0.3) is 5.56 Å². The third-order valence-corrected chi connectivity index (χ3v) is 6.31. The number of aryl methyl sites for hydroxylation is 2. The third-order valence-electron chi connectivity index (χ3n) is 5.30. The highest BCUT2D eigenvalue weighted by atomic mass is 32.1. The number of fused-ring (bicyclic) bond motifs is 1. The second-order valence-electron chi connectivity index (χ2n) is 7.21.